The van der Waals surface area contributed by atoms with E-state index in [1.54, 1.807) is 49.4 Å². The van der Waals surface area contributed by atoms with Crippen LogP contribution in [0.3, 0.4) is 0 Å². The minimum absolute atomic E-state index is 0.197. The summed E-state index contributed by atoms with van der Waals surface area (Å²) in [5.74, 6) is -1.44. The van der Waals surface area contributed by atoms with Gasteiger partial charge in [-0.1, -0.05) is 35.9 Å². The van der Waals surface area contributed by atoms with Crippen LogP contribution in [0.1, 0.15) is 17.2 Å². The topological polar surface area (TPSA) is 94.6 Å². The average Bonchev–Trinajstić information content (AvgIpc) is 2.78. The number of ether oxygens (including phenoxy) is 2. The predicted octanol–water partition coefficient (Wildman–Crippen LogP) is 4.10. The molecule has 0 aliphatic heterocycles. The Balaban J connectivity index is 1.93. The number of carbonyl (C=O) groups is 1. The molecule has 0 bridgehead atoms. The lowest BCUT2D eigenvalue weighted by Crippen LogP contribution is -2.35. The number of para-hydroxylation sites is 1. The van der Waals surface area contributed by atoms with Crippen molar-refractivity contribution in [3.8, 4) is 23.3 Å². The minimum Gasteiger partial charge on any atom is -0.436 e. The highest BCUT2D eigenvalue weighted by molar-refractivity contribution is 6.31. The molecule has 2 N–H and O–H groups in total. The van der Waals surface area contributed by atoms with Gasteiger partial charge in [-0.25, -0.2) is 0 Å². The fourth-order valence-corrected chi connectivity index (χ4v) is 2.89. The van der Waals surface area contributed by atoms with Crippen molar-refractivity contribution in [3.63, 3.8) is 0 Å². The Labute approximate surface area is 183 Å². The molecule has 1 atom stereocenters. The zero-order chi connectivity index (χ0) is 22.4. The van der Waals surface area contributed by atoms with Gasteiger partial charge in [0.1, 0.15) is 23.9 Å². The van der Waals surface area contributed by atoms with Crippen molar-refractivity contribution in [2.24, 2.45) is 0 Å². The van der Waals surface area contributed by atoms with Crippen molar-refractivity contribution in [1.82, 2.24) is 20.8 Å². The molecule has 0 saturated carbocycles. The fourth-order valence-electron chi connectivity index (χ4n) is 2.72. The molecule has 1 heterocycles. The molecule has 10 heteroatoms. The molecular formula is C21H20ClFN4O4. The van der Waals surface area contributed by atoms with Crippen LogP contribution in [0.2, 0.25) is 5.02 Å². The van der Waals surface area contributed by atoms with E-state index in [2.05, 4.69) is 20.8 Å². The maximum absolute atomic E-state index is 15.1. The third kappa shape index (κ3) is 5.08. The Hall–Kier alpha value is -3.27. The standard InChI is InChI=1S/C21H20ClFN4O4/c1-12-14(22)8-6-10-15(12)30-20-17(23)21(26-11-25-20)31-16-9-5-4-7-13(16)18(27-29-3)19(28)24-2/h4-11,18,27H,1-3H3,(H,24,28). The van der Waals surface area contributed by atoms with Crippen molar-refractivity contribution in [2.45, 2.75) is 13.0 Å². The molecule has 0 spiro atoms. The molecule has 1 aromatic heterocycles. The van der Waals surface area contributed by atoms with E-state index < -0.39 is 11.9 Å². The summed E-state index contributed by atoms with van der Waals surface area (Å²) in [5, 5.41) is 3.00. The number of nitrogens with zero attached hydrogens (tertiary/aromatic N) is 2. The first kappa shape index (κ1) is 22.4. The number of benzene rings is 2. The second-order valence-electron chi connectivity index (χ2n) is 6.27. The van der Waals surface area contributed by atoms with Gasteiger partial charge in [0.05, 0.1) is 7.11 Å². The van der Waals surface area contributed by atoms with Crippen LogP contribution in [0.25, 0.3) is 0 Å². The monoisotopic (exact) mass is 446 g/mol. The quantitative estimate of drug-likeness (QED) is 0.503. The maximum Gasteiger partial charge on any atom is 0.263 e. The van der Waals surface area contributed by atoms with Gasteiger partial charge < -0.3 is 19.6 Å². The van der Waals surface area contributed by atoms with Gasteiger partial charge in [-0.2, -0.15) is 19.8 Å². The van der Waals surface area contributed by atoms with Crippen LogP contribution in [0.4, 0.5) is 4.39 Å². The number of halogens is 2. The molecule has 2 aromatic carbocycles. The van der Waals surface area contributed by atoms with E-state index >= 15 is 4.39 Å². The first-order chi connectivity index (χ1) is 15.0. The van der Waals surface area contributed by atoms with Crippen LogP contribution in [0, 0.1) is 12.7 Å². The molecule has 0 radical (unpaired) electrons. The van der Waals surface area contributed by atoms with E-state index in [0.717, 1.165) is 6.33 Å². The Kier molecular flexibility index (Phi) is 7.35. The summed E-state index contributed by atoms with van der Waals surface area (Å²) >= 11 is 6.09. The lowest BCUT2D eigenvalue weighted by Gasteiger charge is -2.19. The summed E-state index contributed by atoms with van der Waals surface area (Å²) in [6, 6.07) is 10.7. The van der Waals surface area contributed by atoms with Crippen LogP contribution >= 0.6 is 11.6 Å². The highest BCUT2D eigenvalue weighted by atomic mass is 35.5. The van der Waals surface area contributed by atoms with Crippen molar-refractivity contribution in [3.05, 3.63) is 70.8 Å². The van der Waals surface area contributed by atoms with Crippen LogP contribution in [0.5, 0.6) is 23.3 Å². The largest absolute Gasteiger partial charge is 0.436 e. The molecule has 31 heavy (non-hydrogen) atoms. The smallest absolute Gasteiger partial charge is 0.263 e. The average molecular weight is 447 g/mol. The third-order valence-corrected chi connectivity index (χ3v) is 4.74. The summed E-state index contributed by atoms with van der Waals surface area (Å²) in [7, 11) is 2.87. The van der Waals surface area contributed by atoms with Gasteiger partial charge in [-0.3, -0.25) is 4.79 Å². The number of amides is 1. The molecule has 162 valence electrons. The molecular weight excluding hydrogens is 427 g/mol. The molecule has 0 aliphatic carbocycles. The number of hydrogen-bond donors (Lipinski definition) is 2. The van der Waals surface area contributed by atoms with Crippen LogP contribution < -0.4 is 20.3 Å². The Bertz CT molecular complexity index is 1080. The Morgan fingerprint density at radius 2 is 1.71 bits per heavy atom. The zero-order valence-electron chi connectivity index (χ0n) is 17.0. The minimum atomic E-state index is -0.909. The van der Waals surface area contributed by atoms with Gasteiger partial charge in [0.25, 0.3) is 11.8 Å². The van der Waals surface area contributed by atoms with Crippen molar-refractivity contribution < 1.29 is 23.5 Å². The lowest BCUT2D eigenvalue weighted by atomic mass is 10.1. The highest BCUT2D eigenvalue weighted by Gasteiger charge is 2.25. The Morgan fingerprint density at radius 3 is 2.39 bits per heavy atom. The van der Waals surface area contributed by atoms with Gasteiger partial charge in [-0.15, -0.1) is 0 Å². The van der Waals surface area contributed by atoms with Gasteiger partial charge in [0, 0.05) is 23.2 Å². The number of hydroxylamine groups is 1. The van der Waals surface area contributed by atoms with Crippen molar-refractivity contribution in [1.29, 1.82) is 0 Å². The van der Waals surface area contributed by atoms with E-state index in [-0.39, 0.29) is 23.4 Å². The van der Waals surface area contributed by atoms with E-state index in [4.69, 9.17) is 25.9 Å². The maximum atomic E-state index is 15.1. The number of hydrogen-bond acceptors (Lipinski definition) is 7. The number of aromatic nitrogens is 2. The van der Waals surface area contributed by atoms with Crippen molar-refractivity contribution in [2.75, 3.05) is 14.2 Å². The lowest BCUT2D eigenvalue weighted by molar-refractivity contribution is -0.126. The van der Waals surface area contributed by atoms with Gasteiger partial charge in [0.15, 0.2) is 0 Å². The zero-order valence-corrected chi connectivity index (χ0v) is 17.7. The SMILES string of the molecule is CNC(=O)C(NOC)c1ccccc1Oc1ncnc(Oc2cccc(Cl)c2C)c1F. The third-order valence-electron chi connectivity index (χ3n) is 4.33. The van der Waals surface area contributed by atoms with E-state index in [1.807, 2.05) is 0 Å². The summed E-state index contributed by atoms with van der Waals surface area (Å²) in [5.41, 5.74) is 3.64. The number of rotatable bonds is 8. The second kappa shape index (κ2) is 10.2. The van der Waals surface area contributed by atoms with Crippen LogP contribution in [-0.2, 0) is 9.63 Å². The fraction of sp³-hybridized carbons (Fsp3) is 0.190. The molecule has 0 aliphatic rings. The second-order valence-corrected chi connectivity index (χ2v) is 6.68. The van der Waals surface area contributed by atoms with Gasteiger partial charge >= 0.3 is 0 Å². The van der Waals surface area contributed by atoms with Gasteiger partial charge in [0.2, 0.25) is 11.7 Å². The first-order valence-electron chi connectivity index (χ1n) is 9.16. The molecule has 8 nitrogen and oxygen atoms in total. The summed E-state index contributed by atoms with van der Waals surface area (Å²) in [6.07, 6.45) is 1.11. The van der Waals surface area contributed by atoms with Crippen LogP contribution in [0.15, 0.2) is 48.8 Å². The van der Waals surface area contributed by atoms with E-state index in [1.165, 1.54) is 14.2 Å². The molecule has 0 saturated heterocycles. The Morgan fingerprint density at radius 1 is 1.06 bits per heavy atom. The molecule has 3 aromatic rings. The number of likely N-dealkylation sites (N-methyl/N-ethyl adjacent to an activating group) is 1. The van der Waals surface area contributed by atoms with E-state index in [9.17, 15) is 4.79 Å². The van der Waals surface area contributed by atoms with Crippen molar-refractivity contribution >= 4 is 17.5 Å². The summed E-state index contributed by atoms with van der Waals surface area (Å²) in [6.45, 7) is 1.74. The highest BCUT2D eigenvalue weighted by Crippen LogP contribution is 2.34. The van der Waals surface area contributed by atoms with E-state index in [0.29, 0.717) is 21.9 Å². The van der Waals surface area contributed by atoms with Gasteiger partial charge in [-0.05, 0) is 25.1 Å². The normalized spacial score (nSPS) is 11.6. The van der Waals surface area contributed by atoms with Crippen LogP contribution in [-0.4, -0.2) is 30.0 Å². The number of carbonyl (C=O) groups excluding carboxylic acids is 1. The first-order valence-corrected chi connectivity index (χ1v) is 9.54. The molecule has 1 unspecified atom stereocenters. The molecule has 0 fully saturated rings. The number of nitrogens with one attached hydrogen (secondary N) is 2. The predicted molar refractivity (Wildman–Crippen MR) is 112 cm³/mol. The molecule has 1 amide bonds. The summed E-state index contributed by atoms with van der Waals surface area (Å²) in [4.78, 5) is 24.9. The summed E-state index contributed by atoms with van der Waals surface area (Å²) < 4.78 is 26.3. The molecule has 3 rings (SSSR count).